The Morgan fingerprint density at radius 3 is 3.06 bits per heavy atom. The summed E-state index contributed by atoms with van der Waals surface area (Å²) in [4.78, 5) is 14.9. The number of carboxylic acids is 1. The van der Waals surface area contributed by atoms with E-state index >= 15 is 0 Å². The lowest BCUT2D eigenvalue weighted by molar-refractivity contribution is 0.0689. The maximum atomic E-state index is 10.6. The fourth-order valence-electron chi connectivity index (χ4n) is 1.54. The summed E-state index contributed by atoms with van der Waals surface area (Å²) in [7, 11) is 0. The first kappa shape index (κ1) is 10.0. The molecule has 2 aromatic rings. The minimum Gasteiger partial charge on any atom is -0.476 e. The fraction of sp³-hybridized carbons (Fsp3) is 0.400. The van der Waals surface area contributed by atoms with Crippen molar-refractivity contribution in [3.8, 4) is 0 Å². The molecule has 3 rings (SSSR count). The van der Waals surface area contributed by atoms with Gasteiger partial charge in [0.25, 0.3) is 0 Å². The molecule has 88 valence electrons. The Kier molecular flexibility index (Phi) is 2.17. The van der Waals surface area contributed by atoms with E-state index in [0.717, 1.165) is 18.7 Å². The van der Waals surface area contributed by atoms with Crippen LogP contribution >= 0.6 is 0 Å². The highest BCUT2D eigenvalue weighted by Gasteiger charge is 2.28. The van der Waals surface area contributed by atoms with Crippen molar-refractivity contribution in [3.05, 3.63) is 29.7 Å². The maximum absolute atomic E-state index is 10.6. The predicted molar refractivity (Wildman–Crippen MR) is 54.6 cm³/mol. The number of aromatic nitrogens is 4. The van der Waals surface area contributed by atoms with Crippen molar-refractivity contribution >= 4 is 5.97 Å². The van der Waals surface area contributed by atoms with Gasteiger partial charge in [0.05, 0.1) is 0 Å². The molecule has 1 aliphatic rings. The third kappa shape index (κ3) is 2.03. The largest absolute Gasteiger partial charge is 0.476 e. The van der Waals surface area contributed by atoms with Gasteiger partial charge in [0.2, 0.25) is 5.89 Å². The minimum atomic E-state index is -1.05. The molecule has 0 atom stereocenters. The van der Waals surface area contributed by atoms with E-state index in [-0.39, 0.29) is 5.69 Å². The molecule has 0 amide bonds. The van der Waals surface area contributed by atoms with Crippen LogP contribution < -0.4 is 0 Å². The molecule has 2 heterocycles. The van der Waals surface area contributed by atoms with Crippen molar-refractivity contribution in [2.24, 2.45) is 0 Å². The molecule has 0 bridgehead atoms. The summed E-state index contributed by atoms with van der Waals surface area (Å²) in [6.45, 7) is 0.299. The molecule has 0 saturated heterocycles. The average Bonchev–Trinajstić information content (AvgIpc) is 2.87. The van der Waals surface area contributed by atoms with E-state index in [1.807, 2.05) is 0 Å². The number of aromatic carboxylic acids is 1. The molecular weight excluding hydrogens is 224 g/mol. The summed E-state index contributed by atoms with van der Waals surface area (Å²) in [5, 5.41) is 16.5. The van der Waals surface area contributed by atoms with Crippen LogP contribution in [-0.4, -0.2) is 31.0 Å². The van der Waals surface area contributed by atoms with E-state index < -0.39 is 5.97 Å². The fourth-order valence-corrected chi connectivity index (χ4v) is 1.54. The third-order valence-electron chi connectivity index (χ3n) is 2.58. The van der Waals surface area contributed by atoms with Crippen molar-refractivity contribution in [1.82, 2.24) is 19.9 Å². The van der Waals surface area contributed by atoms with Crippen LogP contribution in [0.25, 0.3) is 0 Å². The first-order valence-electron chi connectivity index (χ1n) is 5.31. The molecule has 7 heteroatoms. The van der Waals surface area contributed by atoms with Gasteiger partial charge in [-0.2, -0.15) is 10.1 Å². The van der Waals surface area contributed by atoms with Gasteiger partial charge in [-0.1, -0.05) is 5.16 Å². The number of carbonyl (C=O) groups is 1. The highest BCUT2D eigenvalue weighted by molar-refractivity contribution is 5.84. The molecule has 1 N–H and O–H groups in total. The van der Waals surface area contributed by atoms with Crippen molar-refractivity contribution in [2.45, 2.75) is 25.3 Å². The van der Waals surface area contributed by atoms with E-state index in [1.54, 1.807) is 6.20 Å². The minimum absolute atomic E-state index is 0.00642. The van der Waals surface area contributed by atoms with Gasteiger partial charge < -0.3 is 9.63 Å². The second-order valence-electron chi connectivity index (χ2n) is 4.02. The van der Waals surface area contributed by atoms with Crippen LogP contribution in [0, 0.1) is 0 Å². The topological polar surface area (TPSA) is 94.0 Å². The van der Waals surface area contributed by atoms with Crippen LogP contribution in [0.5, 0.6) is 0 Å². The summed E-state index contributed by atoms with van der Waals surface area (Å²) in [6, 6.07) is 1.43. The first-order chi connectivity index (χ1) is 8.22. The molecule has 7 nitrogen and oxygen atoms in total. The Hall–Kier alpha value is -2.18. The zero-order valence-electron chi connectivity index (χ0n) is 8.91. The molecular formula is C10H10N4O3. The quantitative estimate of drug-likeness (QED) is 0.844. The molecule has 1 aliphatic carbocycles. The lowest BCUT2D eigenvalue weighted by Crippen LogP contribution is -2.04. The molecule has 2 aromatic heterocycles. The van der Waals surface area contributed by atoms with Crippen LogP contribution in [0.1, 0.15) is 41.0 Å². The molecule has 1 fully saturated rings. The molecule has 0 aromatic carbocycles. The summed E-state index contributed by atoms with van der Waals surface area (Å²) >= 11 is 0. The van der Waals surface area contributed by atoms with Crippen LogP contribution in [0.15, 0.2) is 16.8 Å². The Balaban J connectivity index is 1.73. The van der Waals surface area contributed by atoms with Crippen LogP contribution in [0.2, 0.25) is 0 Å². The summed E-state index contributed by atoms with van der Waals surface area (Å²) in [6.07, 6.45) is 3.80. The van der Waals surface area contributed by atoms with Crippen molar-refractivity contribution in [1.29, 1.82) is 0 Å². The van der Waals surface area contributed by atoms with Crippen LogP contribution in [-0.2, 0) is 6.54 Å². The Labute approximate surface area is 96.1 Å². The number of hydrogen-bond acceptors (Lipinski definition) is 5. The van der Waals surface area contributed by atoms with E-state index in [9.17, 15) is 4.79 Å². The number of nitrogens with zero attached hydrogens (tertiary/aromatic N) is 4. The van der Waals surface area contributed by atoms with Crippen molar-refractivity contribution in [2.75, 3.05) is 0 Å². The average molecular weight is 234 g/mol. The lowest BCUT2D eigenvalue weighted by atomic mass is 10.4. The van der Waals surface area contributed by atoms with Gasteiger partial charge in [0, 0.05) is 12.1 Å². The van der Waals surface area contributed by atoms with Crippen LogP contribution in [0.3, 0.4) is 0 Å². The van der Waals surface area contributed by atoms with Gasteiger partial charge in [0.1, 0.15) is 6.54 Å². The number of rotatable bonds is 4. The highest BCUT2D eigenvalue weighted by Crippen LogP contribution is 2.38. The van der Waals surface area contributed by atoms with E-state index in [4.69, 9.17) is 9.63 Å². The normalized spacial score (nSPS) is 15.1. The van der Waals surface area contributed by atoms with Gasteiger partial charge >= 0.3 is 5.97 Å². The smallest absolute Gasteiger partial charge is 0.356 e. The van der Waals surface area contributed by atoms with E-state index in [2.05, 4.69) is 15.2 Å². The van der Waals surface area contributed by atoms with Crippen molar-refractivity contribution in [3.63, 3.8) is 0 Å². The Morgan fingerprint density at radius 2 is 2.41 bits per heavy atom. The van der Waals surface area contributed by atoms with Gasteiger partial charge in [-0.3, -0.25) is 4.68 Å². The van der Waals surface area contributed by atoms with Crippen LogP contribution in [0.4, 0.5) is 0 Å². The van der Waals surface area contributed by atoms with E-state index in [0.29, 0.717) is 18.4 Å². The molecule has 17 heavy (non-hydrogen) atoms. The van der Waals surface area contributed by atoms with Gasteiger partial charge in [-0.25, -0.2) is 4.79 Å². The molecule has 0 radical (unpaired) electrons. The second-order valence-corrected chi connectivity index (χ2v) is 4.02. The first-order valence-corrected chi connectivity index (χ1v) is 5.31. The van der Waals surface area contributed by atoms with Gasteiger partial charge in [0.15, 0.2) is 11.5 Å². The van der Waals surface area contributed by atoms with Gasteiger partial charge in [-0.15, -0.1) is 0 Å². The van der Waals surface area contributed by atoms with E-state index in [1.165, 1.54) is 10.7 Å². The maximum Gasteiger partial charge on any atom is 0.356 e. The standard InChI is InChI=1S/C10H10N4O3/c15-10(16)7-3-4-14(12-7)5-8-11-9(13-17-8)6-1-2-6/h3-4,6H,1-2,5H2,(H,15,16). The lowest BCUT2D eigenvalue weighted by Gasteiger charge is -1.93. The zero-order chi connectivity index (χ0) is 11.8. The Morgan fingerprint density at radius 1 is 1.59 bits per heavy atom. The monoisotopic (exact) mass is 234 g/mol. The summed E-state index contributed by atoms with van der Waals surface area (Å²) < 4.78 is 6.54. The van der Waals surface area contributed by atoms with Gasteiger partial charge in [-0.05, 0) is 18.9 Å². The molecule has 0 unspecified atom stereocenters. The second kappa shape index (κ2) is 3.69. The van der Waals surface area contributed by atoms with Crippen molar-refractivity contribution < 1.29 is 14.4 Å². The molecule has 0 spiro atoms. The number of carboxylic acid groups (broad SMARTS) is 1. The predicted octanol–water partition coefficient (Wildman–Crippen LogP) is 0.890. The summed E-state index contributed by atoms with van der Waals surface area (Å²) in [5.74, 6) is 0.588. The number of hydrogen-bond donors (Lipinski definition) is 1. The molecule has 0 aliphatic heterocycles. The Bertz CT molecular complexity index is 555. The molecule has 1 saturated carbocycles. The highest BCUT2D eigenvalue weighted by atomic mass is 16.5. The zero-order valence-corrected chi connectivity index (χ0v) is 8.91. The third-order valence-corrected chi connectivity index (χ3v) is 2.58. The SMILES string of the molecule is O=C(O)c1ccn(Cc2nc(C3CC3)no2)n1. The summed E-state index contributed by atoms with van der Waals surface area (Å²) in [5.41, 5.74) is 0.00642.